The Morgan fingerprint density at radius 2 is 2.00 bits per heavy atom. The molecule has 0 amide bonds. The fourth-order valence-corrected chi connectivity index (χ4v) is 3.29. The number of rotatable bonds is 5. The summed E-state index contributed by atoms with van der Waals surface area (Å²) in [5, 5.41) is 0. The predicted octanol–water partition coefficient (Wildman–Crippen LogP) is 4.95. The summed E-state index contributed by atoms with van der Waals surface area (Å²) in [7, 11) is 0. The highest BCUT2D eigenvalue weighted by Crippen LogP contribution is 2.45. The summed E-state index contributed by atoms with van der Waals surface area (Å²) in [6.45, 7) is 6.20. The molecule has 1 nitrogen and oxygen atoms in total. The maximum atomic E-state index is 4.65. The van der Waals surface area contributed by atoms with E-state index in [0.29, 0.717) is 0 Å². The zero-order valence-electron chi connectivity index (χ0n) is 12.5. The van der Waals surface area contributed by atoms with Crippen LogP contribution in [-0.4, -0.2) is 4.98 Å². The van der Waals surface area contributed by atoms with Gasteiger partial charge in [-0.1, -0.05) is 42.5 Å². The number of nitrogens with zero attached hydrogens (tertiary/aromatic N) is 1. The SMILES string of the molecule is C=CCCC(C)(C1=CCc2ccccc21)c1ccccn1. The lowest BCUT2D eigenvalue weighted by Gasteiger charge is -2.31. The topological polar surface area (TPSA) is 12.9 Å². The molecule has 0 bridgehead atoms. The average Bonchev–Trinajstić information content (AvgIpc) is 2.98. The average molecular weight is 275 g/mol. The molecular weight excluding hydrogens is 254 g/mol. The van der Waals surface area contributed by atoms with Gasteiger partial charge in [-0.15, -0.1) is 6.58 Å². The highest BCUT2D eigenvalue weighted by Gasteiger charge is 2.35. The van der Waals surface area contributed by atoms with Crippen molar-refractivity contribution < 1.29 is 0 Å². The zero-order chi connectivity index (χ0) is 14.7. The third-order valence-electron chi connectivity index (χ3n) is 4.51. The Labute approximate surface area is 127 Å². The van der Waals surface area contributed by atoms with E-state index in [4.69, 9.17) is 0 Å². The summed E-state index contributed by atoms with van der Waals surface area (Å²) in [4.78, 5) is 4.65. The Bertz CT molecular complexity index is 669. The zero-order valence-corrected chi connectivity index (χ0v) is 12.5. The predicted molar refractivity (Wildman–Crippen MR) is 89.1 cm³/mol. The van der Waals surface area contributed by atoms with Crippen LogP contribution in [0.3, 0.4) is 0 Å². The van der Waals surface area contributed by atoms with Gasteiger partial charge in [0.15, 0.2) is 0 Å². The minimum Gasteiger partial charge on any atom is -0.260 e. The first-order valence-electron chi connectivity index (χ1n) is 7.57. The van der Waals surface area contributed by atoms with Crippen LogP contribution in [0.15, 0.2) is 67.4 Å². The maximum Gasteiger partial charge on any atom is 0.0506 e. The highest BCUT2D eigenvalue weighted by atomic mass is 14.7. The lowest BCUT2D eigenvalue weighted by Crippen LogP contribution is -2.24. The molecule has 0 saturated heterocycles. The molecule has 0 N–H and O–H groups in total. The van der Waals surface area contributed by atoms with E-state index in [0.717, 1.165) is 25.0 Å². The van der Waals surface area contributed by atoms with E-state index in [1.165, 1.54) is 16.7 Å². The van der Waals surface area contributed by atoms with Crippen LogP contribution in [0.4, 0.5) is 0 Å². The molecule has 3 rings (SSSR count). The molecular formula is C20H21N. The van der Waals surface area contributed by atoms with Crippen molar-refractivity contribution in [2.24, 2.45) is 0 Å². The number of fused-ring (bicyclic) bond motifs is 1. The molecule has 1 heterocycles. The number of aromatic nitrogens is 1. The first-order valence-corrected chi connectivity index (χ1v) is 7.57. The van der Waals surface area contributed by atoms with Crippen molar-refractivity contribution in [1.29, 1.82) is 0 Å². The normalized spacial score (nSPS) is 16.0. The van der Waals surface area contributed by atoms with Crippen LogP contribution >= 0.6 is 0 Å². The summed E-state index contributed by atoms with van der Waals surface area (Å²) in [5.74, 6) is 0. The Hall–Kier alpha value is -2.15. The van der Waals surface area contributed by atoms with Crippen molar-refractivity contribution in [3.63, 3.8) is 0 Å². The van der Waals surface area contributed by atoms with Gasteiger partial charge in [0.25, 0.3) is 0 Å². The summed E-state index contributed by atoms with van der Waals surface area (Å²) in [6.07, 6.45) is 9.33. The number of allylic oxidation sites excluding steroid dienone is 3. The summed E-state index contributed by atoms with van der Waals surface area (Å²) >= 11 is 0. The van der Waals surface area contributed by atoms with Crippen LogP contribution in [0.25, 0.3) is 5.57 Å². The molecule has 1 aliphatic rings. The van der Waals surface area contributed by atoms with Gasteiger partial charge in [-0.25, -0.2) is 0 Å². The minimum absolute atomic E-state index is 0.0535. The van der Waals surface area contributed by atoms with Crippen molar-refractivity contribution in [3.05, 3.63) is 84.2 Å². The first-order chi connectivity index (χ1) is 10.3. The van der Waals surface area contributed by atoms with Gasteiger partial charge in [-0.3, -0.25) is 4.98 Å². The Kier molecular flexibility index (Phi) is 3.74. The number of benzene rings is 1. The molecule has 2 aromatic rings. The van der Waals surface area contributed by atoms with Crippen molar-refractivity contribution in [2.45, 2.75) is 31.6 Å². The first kappa shape index (κ1) is 13.8. The van der Waals surface area contributed by atoms with Crippen LogP contribution < -0.4 is 0 Å². The van der Waals surface area contributed by atoms with E-state index in [9.17, 15) is 0 Å². The molecule has 1 atom stereocenters. The highest BCUT2D eigenvalue weighted by molar-refractivity contribution is 5.80. The maximum absolute atomic E-state index is 4.65. The van der Waals surface area contributed by atoms with E-state index in [-0.39, 0.29) is 5.41 Å². The third-order valence-corrected chi connectivity index (χ3v) is 4.51. The van der Waals surface area contributed by atoms with Crippen LogP contribution in [0.2, 0.25) is 0 Å². The third kappa shape index (κ3) is 2.44. The lowest BCUT2D eigenvalue weighted by atomic mass is 9.73. The van der Waals surface area contributed by atoms with Crippen molar-refractivity contribution >= 4 is 5.57 Å². The molecule has 1 aliphatic carbocycles. The van der Waals surface area contributed by atoms with Crippen molar-refractivity contribution in [2.75, 3.05) is 0 Å². The number of pyridine rings is 1. The van der Waals surface area contributed by atoms with Gasteiger partial charge in [0.1, 0.15) is 0 Å². The molecule has 1 aromatic carbocycles. The smallest absolute Gasteiger partial charge is 0.0506 e. The molecule has 0 radical (unpaired) electrons. The minimum atomic E-state index is -0.0535. The van der Waals surface area contributed by atoms with Gasteiger partial charge in [0.05, 0.1) is 5.69 Å². The standard InChI is InChI=1S/C20H21N/c1-3-4-14-20(2,19-11-7-8-15-21-19)18-13-12-16-9-5-6-10-17(16)18/h3,5-11,13,15H,1,4,12,14H2,2H3. The van der Waals surface area contributed by atoms with Crippen molar-refractivity contribution in [3.8, 4) is 0 Å². The molecule has 0 saturated carbocycles. The van der Waals surface area contributed by atoms with Gasteiger partial charge in [-0.2, -0.15) is 0 Å². The van der Waals surface area contributed by atoms with E-state index >= 15 is 0 Å². The summed E-state index contributed by atoms with van der Waals surface area (Å²) < 4.78 is 0. The second-order valence-electron chi connectivity index (χ2n) is 5.85. The van der Waals surface area contributed by atoms with E-state index in [1.807, 2.05) is 18.3 Å². The Morgan fingerprint density at radius 1 is 1.19 bits per heavy atom. The van der Waals surface area contributed by atoms with Crippen LogP contribution in [0, 0.1) is 0 Å². The van der Waals surface area contributed by atoms with Crippen molar-refractivity contribution in [1.82, 2.24) is 4.98 Å². The summed E-state index contributed by atoms with van der Waals surface area (Å²) in [5.41, 5.74) is 5.32. The Morgan fingerprint density at radius 3 is 2.76 bits per heavy atom. The summed E-state index contributed by atoms with van der Waals surface area (Å²) in [6, 6.07) is 14.9. The Balaban J connectivity index is 2.07. The molecule has 0 aliphatic heterocycles. The molecule has 0 fully saturated rings. The molecule has 106 valence electrons. The van der Waals surface area contributed by atoms with E-state index < -0.39 is 0 Å². The second kappa shape index (κ2) is 5.69. The van der Waals surface area contributed by atoms with E-state index in [2.05, 4.69) is 61.0 Å². The fraction of sp³-hybridized carbons (Fsp3) is 0.250. The second-order valence-corrected chi connectivity index (χ2v) is 5.85. The van der Waals surface area contributed by atoms with Gasteiger partial charge >= 0.3 is 0 Å². The quantitative estimate of drug-likeness (QED) is 0.704. The monoisotopic (exact) mass is 275 g/mol. The van der Waals surface area contributed by atoms with Gasteiger partial charge in [0.2, 0.25) is 0 Å². The van der Waals surface area contributed by atoms with Gasteiger partial charge < -0.3 is 0 Å². The lowest BCUT2D eigenvalue weighted by molar-refractivity contribution is 0.548. The van der Waals surface area contributed by atoms with Crippen LogP contribution in [-0.2, 0) is 11.8 Å². The molecule has 21 heavy (non-hydrogen) atoms. The van der Waals surface area contributed by atoms with Gasteiger partial charge in [-0.05, 0) is 55.0 Å². The molecule has 1 unspecified atom stereocenters. The van der Waals surface area contributed by atoms with Crippen LogP contribution in [0.5, 0.6) is 0 Å². The van der Waals surface area contributed by atoms with Gasteiger partial charge in [0, 0.05) is 11.6 Å². The molecule has 1 aromatic heterocycles. The van der Waals surface area contributed by atoms with Crippen LogP contribution in [0.1, 0.15) is 36.6 Å². The molecule has 1 heteroatoms. The molecule has 0 spiro atoms. The number of hydrogen-bond acceptors (Lipinski definition) is 1. The van der Waals surface area contributed by atoms with E-state index in [1.54, 1.807) is 0 Å². The number of hydrogen-bond donors (Lipinski definition) is 0. The largest absolute Gasteiger partial charge is 0.260 e. The fourth-order valence-electron chi connectivity index (χ4n) is 3.29.